The van der Waals surface area contributed by atoms with E-state index in [2.05, 4.69) is 6.07 Å². The maximum absolute atomic E-state index is 9.92. The first-order valence-corrected chi connectivity index (χ1v) is 6.01. The second kappa shape index (κ2) is 4.31. The molecule has 1 aliphatic rings. The number of aliphatic hydroxyl groups excluding tert-OH is 1. The molecule has 2 N–H and O–H groups in total. The third-order valence-electron chi connectivity index (χ3n) is 3.27. The lowest BCUT2D eigenvalue weighted by Crippen LogP contribution is -2.14. The first-order valence-electron chi connectivity index (χ1n) is 6.01. The quantitative estimate of drug-likeness (QED) is 0.802. The van der Waals surface area contributed by atoms with E-state index in [1.807, 2.05) is 36.4 Å². The van der Waals surface area contributed by atoms with Gasteiger partial charge >= 0.3 is 0 Å². The zero-order valence-electron chi connectivity index (χ0n) is 9.88. The van der Waals surface area contributed by atoms with Crippen LogP contribution in [0.1, 0.15) is 16.7 Å². The number of phenols is 1. The Labute approximate surface area is 106 Å². The maximum atomic E-state index is 9.92. The summed E-state index contributed by atoms with van der Waals surface area (Å²) in [5.74, 6) is 0.254. The highest BCUT2D eigenvalue weighted by atomic mass is 16.3. The molecular weight excluding hydrogens is 224 g/mol. The Morgan fingerprint density at radius 2 is 1.67 bits per heavy atom. The van der Waals surface area contributed by atoms with Crippen LogP contribution in [0.5, 0.6) is 5.75 Å². The van der Waals surface area contributed by atoms with Crippen molar-refractivity contribution < 1.29 is 10.2 Å². The summed E-state index contributed by atoms with van der Waals surface area (Å²) in [6.07, 6.45) is 2.11. The Morgan fingerprint density at radius 1 is 0.944 bits per heavy atom. The van der Waals surface area contributed by atoms with Gasteiger partial charge in [0.25, 0.3) is 0 Å². The van der Waals surface area contributed by atoms with Gasteiger partial charge in [-0.15, -0.1) is 0 Å². The molecule has 2 aromatic rings. The van der Waals surface area contributed by atoms with E-state index in [1.165, 1.54) is 0 Å². The Bertz CT molecular complexity index is 597. The minimum atomic E-state index is -0.441. The molecule has 0 fully saturated rings. The first-order chi connectivity index (χ1) is 8.74. The van der Waals surface area contributed by atoms with Gasteiger partial charge in [0.15, 0.2) is 0 Å². The second-order valence-corrected chi connectivity index (χ2v) is 4.56. The fourth-order valence-electron chi connectivity index (χ4n) is 2.42. The second-order valence-electron chi connectivity index (χ2n) is 4.56. The van der Waals surface area contributed by atoms with E-state index in [1.54, 1.807) is 12.1 Å². The lowest BCUT2D eigenvalue weighted by Gasteiger charge is -2.21. The van der Waals surface area contributed by atoms with Crippen LogP contribution in [0.3, 0.4) is 0 Å². The lowest BCUT2D eigenvalue weighted by molar-refractivity contribution is 0.223. The number of fused-ring (bicyclic) bond motifs is 1. The van der Waals surface area contributed by atoms with Gasteiger partial charge in [0.05, 0.1) is 6.10 Å². The lowest BCUT2D eigenvalue weighted by atomic mass is 9.86. The van der Waals surface area contributed by atoms with Gasteiger partial charge in [-0.3, -0.25) is 0 Å². The number of hydrogen-bond donors (Lipinski definition) is 2. The highest BCUT2D eigenvalue weighted by molar-refractivity contribution is 5.83. The molecule has 90 valence electrons. The normalized spacial score (nSPS) is 18.1. The Morgan fingerprint density at radius 3 is 2.44 bits per heavy atom. The molecule has 0 saturated carbocycles. The average Bonchev–Trinajstić information content (AvgIpc) is 2.38. The van der Waals surface area contributed by atoms with Crippen molar-refractivity contribution in [2.75, 3.05) is 0 Å². The van der Waals surface area contributed by atoms with Gasteiger partial charge in [-0.2, -0.15) is 0 Å². The Kier molecular flexibility index (Phi) is 2.65. The smallest absolute Gasteiger partial charge is 0.115 e. The number of hydrogen-bond acceptors (Lipinski definition) is 2. The number of benzene rings is 2. The first kappa shape index (κ1) is 11.1. The van der Waals surface area contributed by atoms with Crippen LogP contribution in [0.25, 0.3) is 5.57 Å². The number of rotatable bonds is 1. The SMILES string of the molecule is Oc1ccc(C2=CC(O)Cc3ccccc32)cc1. The molecule has 0 saturated heterocycles. The third kappa shape index (κ3) is 1.91. The summed E-state index contributed by atoms with van der Waals surface area (Å²) < 4.78 is 0. The molecule has 3 rings (SSSR count). The summed E-state index contributed by atoms with van der Waals surface area (Å²) in [6.45, 7) is 0. The van der Waals surface area contributed by atoms with E-state index < -0.39 is 6.10 Å². The number of aliphatic hydroxyl groups is 1. The van der Waals surface area contributed by atoms with Crippen LogP contribution in [0.15, 0.2) is 54.6 Å². The summed E-state index contributed by atoms with van der Waals surface area (Å²) in [6, 6.07) is 15.2. The van der Waals surface area contributed by atoms with Gasteiger partial charge in [0.2, 0.25) is 0 Å². The van der Waals surface area contributed by atoms with Crippen LogP contribution >= 0.6 is 0 Å². The fourth-order valence-corrected chi connectivity index (χ4v) is 2.42. The molecule has 0 amide bonds. The molecule has 0 aliphatic heterocycles. The van der Waals surface area contributed by atoms with E-state index >= 15 is 0 Å². The molecule has 2 nitrogen and oxygen atoms in total. The molecule has 0 radical (unpaired) electrons. The van der Waals surface area contributed by atoms with Crippen LogP contribution in [-0.2, 0) is 6.42 Å². The molecule has 1 atom stereocenters. The van der Waals surface area contributed by atoms with Gasteiger partial charge in [-0.05, 0) is 40.5 Å². The van der Waals surface area contributed by atoms with E-state index in [4.69, 9.17) is 0 Å². The molecule has 0 bridgehead atoms. The van der Waals surface area contributed by atoms with Crippen LogP contribution in [0, 0.1) is 0 Å². The van der Waals surface area contributed by atoms with Crippen molar-refractivity contribution in [1.29, 1.82) is 0 Å². The predicted molar refractivity (Wildman–Crippen MR) is 71.3 cm³/mol. The van der Waals surface area contributed by atoms with E-state index in [0.717, 1.165) is 22.3 Å². The number of aromatic hydroxyl groups is 1. The molecule has 0 heterocycles. The van der Waals surface area contributed by atoms with Crippen LogP contribution in [0.2, 0.25) is 0 Å². The van der Waals surface area contributed by atoms with Gasteiger partial charge < -0.3 is 10.2 Å². The van der Waals surface area contributed by atoms with Gasteiger partial charge in [0.1, 0.15) is 5.75 Å². The highest BCUT2D eigenvalue weighted by Gasteiger charge is 2.18. The minimum absolute atomic E-state index is 0.254. The Hall–Kier alpha value is -2.06. The average molecular weight is 238 g/mol. The molecular formula is C16H14O2. The van der Waals surface area contributed by atoms with Gasteiger partial charge in [-0.1, -0.05) is 36.4 Å². The highest BCUT2D eigenvalue weighted by Crippen LogP contribution is 2.32. The van der Waals surface area contributed by atoms with Crippen molar-refractivity contribution in [3.05, 3.63) is 71.3 Å². The summed E-state index contributed by atoms with van der Waals surface area (Å²) in [4.78, 5) is 0. The Balaban J connectivity index is 2.13. The zero-order chi connectivity index (χ0) is 12.5. The summed E-state index contributed by atoms with van der Waals surface area (Å²) >= 11 is 0. The zero-order valence-corrected chi connectivity index (χ0v) is 9.88. The van der Waals surface area contributed by atoms with E-state index in [9.17, 15) is 10.2 Å². The molecule has 1 aliphatic carbocycles. The monoisotopic (exact) mass is 238 g/mol. The van der Waals surface area contributed by atoms with Crippen molar-refractivity contribution in [1.82, 2.24) is 0 Å². The topological polar surface area (TPSA) is 40.5 Å². The van der Waals surface area contributed by atoms with Gasteiger partial charge in [0, 0.05) is 6.42 Å². The molecule has 0 spiro atoms. The molecule has 18 heavy (non-hydrogen) atoms. The minimum Gasteiger partial charge on any atom is -0.508 e. The largest absolute Gasteiger partial charge is 0.508 e. The molecule has 2 heteroatoms. The van der Waals surface area contributed by atoms with Crippen LogP contribution < -0.4 is 0 Å². The summed E-state index contributed by atoms with van der Waals surface area (Å²) in [5.41, 5.74) is 4.37. The fraction of sp³-hybridized carbons (Fsp3) is 0.125. The molecule has 1 unspecified atom stereocenters. The van der Waals surface area contributed by atoms with Crippen molar-refractivity contribution in [2.45, 2.75) is 12.5 Å². The van der Waals surface area contributed by atoms with E-state index in [0.29, 0.717) is 6.42 Å². The van der Waals surface area contributed by atoms with Gasteiger partial charge in [-0.25, -0.2) is 0 Å². The van der Waals surface area contributed by atoms with Crippen LogP contribution in [-0.4, -0.2) is 16.3 Å². The van der Waals surface area contributed by atoms with Crippen molar-refractivity contribution in [3.8, 4) is 5.75 Å². The van der Waals surface area contributed by atoms with Crippen molar-refractivity contribution in [2.24, 2.45) is 0 Å². The standard InChI is InChI=1S/C16H14O2/c17-13-7-5-11(6-8-13)16-10-14(18)9-12-3-1-2-4-15(12)16/h1-8,10,14,17-18H,9H2. The van der Waals surface area contributed by atoms with Crippen molar-refractivity contribution >= 4 is 5.57 Å². The maximum Gasteiger partial charge on any atom is 0.115 e. The predicted octanol–water partition coefficient (Wildman–Crippen LogP) is 2.74. The summed E-state index contributed by atoms with van der Waals surface area (Å²) in [5, 5.41) is 19.2. The van der Waals surface area contributed by atoms with Crippen molar-refractivity contribution in [3.63, 3.8) is 0 Å². The van der Waals surface area contributed by atoms with E-state index in [-0.39, 0.29) is 5.75 Å². The molecule has 2 aromatic carbocycles. The third-order valence-corrected chi connectivity index (χ3v) is 3.27. The van der Waals surface area contributed by atoms with Crippen LogP contribution in [0.4, 0.5) is 0 Å². The molecule has 0 aromatic heterocycles. The number of phenolic OH excluding ortho intramolecular Hbond substituents is 1. The summed E-state index contributed by atoms with van der Waals surface area (Å²) in [7, 11) is 0.